The molecule has 1 heterocycles. The number of hydrogen-bond acceptors (Lipinski definition) is 2. The first kappa shape index (κ1) is 15.7. The number of rotatable bonds is 3. The van der Waals surface area contributed by atoms with Crippen LogP contribution in [-0.2, 0) is 17.8 Å². The first-order chi connectivity index (χ1) is 11.1. The zero-order valence-electron chi connectivity index (χ0n) is 12.6. The van der Waals surface area contributed by atoms with Gasteiger partial charge >= 0.3 is 0 Å². The minimum Gasteiger partial charge on any atom is -0.343 e. The maximum absolute atomic E-state index is 12.3. The molecule has 1 aliphatic heterocycles. The Labute approximate surface area is 143 Å². The van der Waals surface area contributed by atoms with Gasteiger partial charge in [0.05, 0.1) is 12.1 Å². The van der Waals surface area contributed by atoms with Crippen LogP contribution in [0.4, 0.5) is 0 Å². The second-order valence-electron chi connectivity index (χ2n) is 5.50. The van der Waals surface area contributed by atoms with E-state index in [4.69, 9.17) is 0 Å². The van der Waals surface area contributed by atoms with E-state index in [2.05, 4.69) is 33.4 Å². The SMILES string of the molecule is O=C(NCC(=O)N1CCc2ccccc2C1)c1ccccc1Br. The van der Waals surface area contributed by atoms with Crippen molar-refractivity contribution in [3.05, 3.63) is 69.7 Å². The van der Waals surface area contributed by atoms with Crippen LogP contribution in [0.1, 0.15) is 21.5 Å². The fourth-order valence-electron chi connectivity index (χ4n) is 2.72. The van der Waals surface area contributed by atoms with Gasteiger partial charge in [-0.2, -0.15) is 0 Å². The molecule has 2 amide bonds. The van der Waals surface area contributed by atoms with Crippen LogP contribution in [0, 0.1) is 0 Å². The average Bonchev–Trinajstić information content (AvgIpc) is 2.59. The molecule has 1 N–H and O–H groups in total. The van der Waals surface area contributed by atoms with Gasteiger partial charge in [-0.05, 0) is 45.6 Å². The molecule has 0 saturated carbocycles. The van der Waals surface area contributed by atoms with Gasteiger partial charge < -0.3 is 10.2 Å². The maximum Gasteiger partial charge on any atom is 0.252 e. The molecule has 0 aliphatic carbocycles. The second kappa shape index (κ2) is 6.96. The summed E-state index contributed by atoms with van der Waals surface area (Å²) in [6.45, 7) is 1.32. The van der Waals surface area contributed by atoms with E-state index in [1.54, 1.807) is 23.1 Å². The Morgan fingerprint density at radius 1 is 1.04 bits per heavy atom. The molecule has 118 valence electrons. The number of halogens is 1. The number of carbonyl (C=O) groups is 2. The molecule has 5 heteroatoms. The number of nitrogens with one attached hydrogen (secondary N) is 1. The van der Waals surface area contributed by atoms with Crippen molar-refractivity contribution >= 4 is 27.7 Å². The normalized spacial score (nSPS) is 13.3. The smallest absolute Gasteiger partial charge is 0.252 e. The Hall–Kier alpha value is -2.14. The molecule has 0 spiro atoms. The van der Waals surface area contributed by atoms with Crippen molar-refractivity contribution in [1.29, 1.82) is 0 Å². The van der Waals surface area contributed by atoms with Gasteiger partial charge in [-0.3, -0.25) is 9.59 Å². The Kier molecular flexibility index (Phi) is 4.76. The number of amides is 2. The molecule has 0 saturated heterocycles. The van der Waals surface area contributed by atoms with Crippen LogP contribution >= 0.6 is 15.9 Å². The number of nitrogens with zero attached hydrogens (tertiary/aromatic N) is 1. The van der Waals surface area contributed by atoms with E-state index in [-0.39, 0.29) is 18.4 Å². The quantitative estimate of drug-likeness (QED) is 0.900. The van der Waals surface area contributed by atoms with Gasteiger partial charge in [-0.15, -0.1) is 0 Å². The van der Waals surface area contributed by atoms with Crippen molar-refractivity contribution in [2.45, 2.75) is 13.0 Å². The Bertz CT molecular complexity index is 745. The van der Waals surface area contributed by atoms with E-state index in [1.807, 2.05) is 18.2 Å². The fraction of sp³-hybridized carbons (Fsp3) is 0.222. The van der Waals surface area contributed by atoms with Gasteiger partial charge in [0.1, 0.15) is 0 Å². The lowest BCUT2D eigenvalue weighted by Crippen LogP contribution is -2.42. The van der Waals surface area contributed by atoms with Crippen LogP contribution in [0.25, 0.3) is 0 Å². The average molecular weight is 373 g/mol. The molecule has 0 fully saturated rings. The summed E-state index contributed by atoms with van der Waals surface area (Å²) in [6, 6.07) is 15.3. The minimum atomic E-state index is -0.247. The van der Waals surface area contributed by atoms with Gasteiger partial charge in [0, 0.05) is 17.6 Å². The van der Waals surface area contributed by atoms with Crippen molar-refractivity contribution in [3.63, 3.8) is 0 Å². The monoisotopic (exact) mass is 372 g/mol. The number of hydrogen-bond donors (Lipinski definition) is 1. The summed E-state index contributed by atoms with van der Waals surface area (Å²) >= 11 is 3.34. The Morgan fingerprint density at radius 3 is 2.52 bits per heavy atom. The van der Waals surface area contributed by atoms with Crippen LogP contribution in [-0.4, -0.2) is 29.8 Å². The lowest BCUT2D eigenvalue weighted by molar-refractivity contribution is -0.131. The number of benzene rings is 2. The molecule has 0 aromatic heterocycles. The molecule has 3 rings (SSSR count). The van der Waals surface area contributed by atoms with Crippen molar-refractivity contribution < 1.29 is 9.59 Å². The van der Waals surface area contributed by atoms with Gasteiger partial charge in [0.25, 0.3) is 5.91 Å². The maximum atomic E-state index is 12.3. The molecule has 2 aromatic rings. The molecular weight excluding hydrogens is 356 g/mol. The number of carbonyl (C=O) groups excluding carboxylic acids is 2. The molecule has 0 radical (unpaired) electrons. The Balaban J connectivity index is 1.58. The van der Waals surface area contributed by atoms with E-state index in [1.165, 1.54) is 11.1 Å². The van der Waals surface area contributed by atoms with Crippen LogP contribution in [0.2, 0.25) is 0 Å². The summed E-state index contributed by atoms with van der Waals surface area (Å²) in [6.07, 6.45) is 0.861. The highest BCUT2D eigenvalue weighted by atomic mass is 79.9. The van der Waals surface area contributed by atoms with Gasteiger partial charge in [-0.1, -0.05) is 36.4 Å². The molecule has 0 atom stereocenters. The highest BCUT2D eigenvalue weighted by molar-refractivity contribution is 9.10. The van der Waals surface area contributed by atoms with Crippen LogP contribution in [0.15, 0.2) is 53.0 Å². The first-order valence-electron chi connectivity index (χ1n) is 7.52. The van der Waals surface area contributed by atoms with Crippen molar-refractivity contribution in [1.82, 2.24) is 10.2 Å². The Morgan fingerprint density at radius 2 is 1.74 bits per heavy atom. The lowest BCUT2D eigenvalue weighted by atomic mass is 10.00. The van der Waals surface area contributed by atoms with Crippen LogP contribution in [0.5, 0.6) is 0 Å². The van der Waals surface area contributed by atoms with E-state index in [0.29, 0.717) is 18.7 Å². The van der Waals surface area contributed by atoms with Gasteiger partial charge in [0.2, 0.25) is 5.91 Å². The highest BCUT2D eigenvalue weighted by Crippen LogP contribution is 2.18. The molecule has 23 heavy (non-hydrogen) atoms. The van der Waals surface area contributed by atoms with Crippen LogP contribution in [0.3, 0.4) is 0 Å². The van der Waals surface area contributed by atoms with Crippen molar-refractivity contribution in [2.75, 3.05) is 13.1 Å². The third-order valence-electron chi connectivity index (χ3n) is 4.00. The third-order valence-corrected chi connectivity index (χ3v) is 4.69. The second-order valence-corrected chi connectivity index (χ2v) is 6.35. The van der Waals surface area contributed by atoms with E-state index in [9.17, 15) is 9.59 Å². The summed E-state index contributed by atoms with van der Waals surface area (Å²) in [5, 5.41) is 2.70. The summed E-state index contributed by atoms with van der Waals surface area (Å²) < 4.78 is 0.719. The fourth-order valence-corrected chi connectivity index (χ4v) is 3.18. The number of fused-ring (bicyclic) bond motifs is 1. The third kappa shape index (κ3) is 3.62. The van der Waals surface area contributed by atoms with Gasteiger partial charge in [-0.25, -0.2) is 0 Å². The van der Waals surface area contributed by atoms with E-state index >= 15 is 0 Å². The molecule has 1 aliphatic rings. The first-order valence-corrected chi connectivity index (χ1v) is 8.32. The minimum absolute atomic E-state index is 0.0162. The zero-order chi connectivity index (χ0) is 16.2. The largest absolute Gasteiger partial charge is 0.343 e. The van der Waals surface area contributed by atoms with Crippen LogP contribution < -0.4 is 5.32 Å². The molecule has 0 bridgehead atoms. The summed E-state index contributed by atoms with van der Waals surface area (Å²) in [4.78, 5) is 26.3. The van der Waals surface area contributed by atoms with Crippen molar-refractivity contribution in [3.8, 4) is 0 Å². The molecular formula is C18H17BrN2O2. The standard InChI is InChI=1S/C18H17BrN2O2/c19-16-8-4-3-7-15(16)18(23)20-11-17(22)21-10-9-13-5-1-2-6-14(13)12-21/h1-8H,9-12H2,(H,20,23). The topological polar surface area (TPSA) is 49.4 Å². The summed E-state index contributed by atoms with van der Waals surface area (Å²) in [5.74, 6) is -0.303. The summed E-state index contributed by atoms with van der Waals surface area (Å²) in [5.41, 5.74) is 3.02. The van der Waals surface area contributed by atoms with E-state index in [0.717, 1.165) is 10.9 Å². The van der Waals surface area contributed by atoms with Crippen molar-refractivity contribution in [2.24, 2.45) is 0 Å². The predicted octanol–water partition coefficient (Wildman–Crippen LogP) is 2.76. The zero-order valence-corrected chi connectivity index (χ0v) is 14.2. The highest BCUT2D eigenvalue weighted by Gasteiger charge is 2.21. The van der Waals surface area contributed by atoms with E-state index < -0.39 is 0 Å². The van der Waals surface area contributed by atoms with Gasteiger partial charge in [0.15, 0.2) is 0 Å². The summed E-state index contributed by atoms with van der Waals surface area (Å²) in [7, 11) is 0. The molecule has 0 unspecified atom stereocenters. The molecule has 4 nitrogen and oxygen atoms in total. The lowest BCUT2D eigenvalue weighted by Gasteiger charge is -2.29. The molecule has 2 aromatic carbocycles. The predicted molar refractivity (Wildman–Crippen MR) is 92.0 cm³/mol.